The molecule has 2 aromatic rings. The van der Waals surface area contributed by atoms with Gasteiger partial charge < -0.3 is 14.4 Å². The largest absolute Gasteiger partial charge is 0.452 e. The van der Waals surface area contributed by atoms with E-state index >= 15 is 0 Å². The lowest BCUT2D eigenvalue weighted by molar-refractivity contribution is 0.0628. The molecule has 0 saturated heterocycles. The summed E-state index contributed by atoms with van der Waals surface area (Å²) in [6.45, 7) is 0.934. The quantitative estimate of drug-likeness (QED) is 0.746. The third-order valence-electron chi connectivity index (χ3n) is 4.73. The van der Waals surface area contributed by atoms with Crippen LogP contribution in [0.25, 0.3) is 0 Å². The molecule has 1 atom stereocenters. The van der Waals surface area contributed by atoms with Crippen LogP contribution < -0.4 is 9.47 Å². The van der Waals surface area contributed by atoms with E-state index in [1.165, 1.54) is 11.1 Å². The van der Waals surface area contributed by atoms with Gasteiger partial charge in [0.2, 0.25) is 6.79 Å². The summed E-state index contributed by atoms with van der Waals surface area (Å²) < 4.78 is 10.7. The second kappa shape index (κ2) is 4.22. The number of rotatable bonds is 0. The number of ether oxygens (including phenoxy) is 2. The molecule has 22 heavy (non-hydrogen) atoms. The van der Waals surface area contributed by atoms with Crippen LogP contribution in [0, 0.1) is 0 Å². The Balaban J connectivity index is 1.65. The van der Waals surface area contributed by atoms with Crippen LogP contribution in [0.4, 0.5) is 0 Å². The fourth-order valence-electron chi connectivity index (χ4n) is 3.66. The molecule has 5 nitrogen and oxygen atoms in total. The topological polar surface area (TPSA) is 51.7 Å². The Morgan fingerprint density at radius 2 is 2.14 bits per heavy atom. The highest BCUT2D eigenvalue weighted by Gasteiger charge is 2.38. The molecule has 1 unspecified atom stereocenters. The van der Waals surface area contributed by atoms with Crippen LogP contribution in [0.1, 0.15) is 33.2 Å². The average molecular weight is 294 g/mol. The number of pyridine rings is 1. The molecule has 1 aromatic carbocycles. The van der Waals surface area contributed by atoms with E-state index in [2.05, 4.69) is 23.2 Å². The summed E-state index contributed by atoms with van der Waals surface area (Å²) in [4.78, 5) is 19.3. The molecule has 0 bridgehead atoms. The molecule has 5 rings (SSSR count). The van der Waals surface area contributed by atoms with Crippen molar-refractivity contribution < 1.29 is 14.3 Å². The van der Waals surface area contributed by atoms with Crippen LogP contribution in [-0.4, -0.2) is 29.1 Å². The van der Waals surface area contributed by atoms with Crippen molar-refractivity contribution in [2.75, 3.05) is 13.3 Å². The first kappa shape index (κ1) is 12.0. The van der Waals surface area contributed by atoms with Gasteiger partial charge in [0.05, 0.1) is 17.3 Å². The zero-order valence-corrected chi connectivity index (χ0v) is 11.9. The molecule has 110 valence electrons. The van der Waals surface area contributed by atoms with Gasteiger partial charge in [-0.2, -0.15) is 0 Å². The van der Waals surface area contributed by atoms with Crippen LogP contribution in [0.3, 0.4) is 0 Å². The van der Waals surface area contributed by atoms with Crippen LogP contribution in [0.5, 0.6) is 11.6 Å². The van der Waals surface area contributed by atoms with Crippen LogP contribution >= 0.6 is 0 Å². The molecule has 0 fully saturated rings. The summed E-state index contributed by atoms with van der Waals surface area (Å²) in [7, 11) is 0. The molecule has 0 radical (unpaired) electrons. The van der Waals surface area contributed by atoms with Crippen molar-refractivity contribution in [1.82, 2.24) is 9.88 Å². The summed E-state index contributed by atoms with van der Waals surface area (Å²) in [6, 6.07) is 10.2. The number of amides is 1. The van der Waals surface area contributed by atoms with Crippen molar-refractivity contribution in [3.05, 3.63) is 52.7 Å². The van der Waals surface area contributed by atoms with Gasteiger partial charge in [-0.1, -0.05) is 24.3 Å². The van der Waals surface area contributed by atoms with Crippen molar-refractivity contribution >= 4 is 5.91 Å². The van der Waals surface area contributed by atoms with E-state index in [4.69, 9.17) is 9.47 Å². The van der Waals surface area contributed by atoms with Crippen molar-refractivity contribution in [2.24, 2.45) is 0 Å². The highest BCUT2D eigenvalue weighted by atomic mass is 16.7. The van der Waals surface area contributed by atoms with Crippen LogP contribution in [0.2, 0.25) is 0 Å². The van der Waals surface area contributed by atoms with Crippen molar-refractivity contribution in [2.45, 2.75) is 18.9 Å². The first-order valence-electron chi connectivity index (χ1n) is 7.49. The maximum atomic E-state index is 12.9. The SMILES string of the molecule is O=C1c2cc3c(nc2CC2c4ccccc4CCN12)OCO3. The standard InChI is InChI=1S/C17H14N2O3/c20-17-12-7-15-16(22-9-21-15)18-13(12)8-14-11-4-2-1-3-10(11)5-6-19(14)17/h1-4,7,14H,5-6,8-9H2. The first-order valence-corrected chi connectivity index (χ1v) is 7.49. The Labute approximate surface area is 127 Å². The Morgan fingerprint density at radius 3 is 3.09 bits per heavy atom. The van der Waals surface area contributed by atoms with Gasteiger partial charge in [-0.3, -0.25) is 4.79 Å². The smallest absolute Gasteiger partial charge is 0.260 e. The molecule has 4 heterocycles. The van der Waals surface area contributed by atoms with Crippen molar-refractivity contribution in [3.63, 3.8) is 0 Å². The molecule has 0 N–H and O–H groups in total. The predicted octanol–water partition coefficient (Wildman–Crippen LogP) is 2.11. The van der Waals surface area contributed by atoms with E-state index in [9.17, 15) is 4.79 Å². The second-order valence-corrected chi connectivity index (χ2v) is 5.86. The minimum absolute atomic E-state index is 0.0477. The van der Waals surface area contributed by atoms with E-state index in [1.54, 1.807) is 6.07 Å². The maximum Gasteiger partial charge on any atom is 0.260 e. The molecule has 5 heteroatoms. The van der Waals surface area contributed by atoms with Gasteiger partial charge in [-0.25, -0.2) is 4.98 Å². The number of carbonyl (C=O) groups is 1. The first-order chi connectivity index (χ1) is 10.8. The lowest BCUT2D eigenvalue weighted by atomic mass is 9.85. The Hall–Kier alpha value is -2.56. The molecule has 3 aliphatic heterocycles. The molecular formula is C17H14N2O3. The third kappa shape index (κ3) is 1.53. The monoisotopic (exact) mass is 294 g/mol. The van der Waals surface area contributed by atoms with Gasteiger partial charge in [0, 0.05) is 19.0 Å². The van der Waals surface area contributed by atoms with Gasteiger partial charge in [0.15, 0.2) is 5.75 Å². The Bertz CT molecular complexity index is 802. The maximum absolute atomic E-state index is 12.9. The molecule has 0 aliphatic carbocycles. The molecule has 0 saturated carbocycles. The number of benzene rings is 1. The lowest BCUT2D eigenvalue weighted by Gasteiger charge is -2.40. The van der Waals surface area contributed by atoms with E-state index in [1.807, 2.05) is 11.0 Å². The normalized spacial score (nSPS) is 21.2. The highest BCUT2D eigenvalue weighted by molar-refractivity contribution is 5.97. The van der Waals surface area contributed by atoms with Crippen molar-refractivity contribution in [1.29, 1.82) is 0 Å². The average Bonchev–Trinajstić information content (AvgIpc) is 3.01. The number of hydrogen-bond donors (Lipinski definition) is 0. The van der Waals surface area contributed by atoms with E-state index < -0.39 is 0 Å². The summed E-state index contributed by atoms with van der Waals surface area (Å²) in [6.07, 6.45) is 1.64. The summed E-state index contributed by atoms with van der Waals surface area (Å²) in [5.41, 5.74) is 4.04. The van der Waals surface area contributed by atoms with Crippen LogP contribution in [-0.2, 0) is 12.8 Å². The zero-order valence-electron chi connectivity index (χ0n) is 11.9. The zero-order chi connectivity index (χ0) is 14.7. The number of carbonyl (C=O) groups excluding carboxylic acids is 1. The van der Waals surface area contributed by atoms with Crippen molar-refractivity contribution in [3.8, 4) is 11.6 Å². The van der Waals surface area contributed by atoms with Gasteiger partial charge in [-0.05, 0) is 17.5 Å². The van der Waals surface area contributed by atoms with Crippen LogP contribution in [0.15, 0.2) is 30.3 Å². The highest BCUT2D eigenvalue weighted by Crippen LogP contribution is 2.40. The lowest BCUT2D eigenvalue weighted by Crippen LogP contribution is -2.44. The number of aromatic nitrogens is 1. The van der Waals surface area contributed by atoms with Gasteiger partial charge in [-0.15, -0.1) is 0 Å². The molecule has 1 aromatic heterocycles. The summed E-state index contributed by atoms with van der Waals surface area (Å²) in [5.74, 6) is 1.12. The number of nitrogens with zero attached hydrogens (tertiary/aromatic N) is 2. The molecule has 1 amide bonds. The van der Waals surface area contributed by atoms with E-state index in [0.29, 0.717) is 17.2 Å². The minimum atomic E-state index is 0.0477. The van der Waals surface area contributed by atoms with E-state index in [0.717, 1.165) is 25.1 Å². The van der Waals surface area contributed by atoms with Gasteiger partial charge in [0.1, 0.15) is 0 Å². The fraction of sp³-hybridized carbons (Fsp3) is 0.294. The second-order valence-electron chi connectivity index (χ2n) is 5.86. The minimum Gasteiger partial charge on any atom is -0.452 e. The van der Waals surface area contributed by atoms with Gasteiger partial charge >= 0.3 is 0 Å². The summed E-state index contributed by atoms with van der Waals surface area (Å²) in [5, 5.41) is 0. The fourth-order valence-corrected chi connectivity index (χ4v) is 3.66. The summed E-state index contributed by atoms with van der Waals surface area (Å²) >= 11 is 0. The van der Waals surface area contributed by atoms with E-state index in [-0.39, 0.29) is 18.7 Å². The number of hydrogen-bond acceptors (Lipinski definition) is 4. The molecule has 3 aliphatic rings. The molecule has 0 spiro atoms. The Morgan fingerprint density at radius 1 is 1.23 bits per heavy atom. The third-order valence-corrected chi connectivity index (χ3v) is 4.73. The Kier molecular flexibility index (Phi) is 2.31. The predicted molar refractivity (Wildman–Crippen MR) is 78.0 cm³/mol. The number of fused-ring (bicyclic) bond motifs is 5. The molecular weight excluding hydrogens is 280 g/mol. The van der Waals surface area contributed by atoms with Gasteiger partial charge in [0.25, 0.3) is 11.8 Å².